The fourth-order valence-corrected chi connectivity index (χ4v) is 9.88. The van der Waals surface area contributed by atoms with Crippen LogP contribution in [0.4, 0.5) is 0 Å². The molecule has 6 fully saturated rings. The van der Waals surface area contributed by atoms with Gasteiger partial charge >= 0.3 is 5.97 Å². The number of halogens is 1. The van der Waals surface area contributed by atoms with Crippen molar-refractivity contribution in [3.05, 3.63) is 0 Å². The van der Waals surface area contributed by atoms with Crippen LogP contribution in [0.5, 0.6) is 0 Å². The molecule has 4 nitrogen and oxygen atoms in total. The number of ketones is 1. The molecule has 11 atom stereocenters. The Hall–Kier alpha value is -0.420. The highest BCUT2D eigenvalue weighted by molar-refractivity contribution is 9.09. The van der Waals surface area contributed by atoms with E-state index in [2.05, 4.69) is 29.8 Å². The van der Waals surface area contributed by atoms with Crippen molar-refractivity contribution in [2.24, 2.45) is 45.8 Å². The van der Waals surface area contributed by atoms with Crippen LogP contribution >= 0.6 is 15.9 Å². The number of ether oxygens (including phenoxy) is 2. The van der Waals surface area contributed by atoms with Crippen molar-refractivity contribution in [1.82, 2.24) is 0 Å². The maximum absolute atomic E-state index is 13.1. The number of esters is 1. The van der Waals surface area contributed by atoms with Crippen molar-refractivity contribution in [3.63, 3.8) is 0 Å². The Kier molecular flexibility index (Phi) is 3.86. The molecule has 0 bridgehead atoms. The molecule has 30 heavy (non-hydrogen) atoms. The van der Waals surface area contributed by atoms with Gasteiger partial charge in [-0.25, -0.2) is 0 Å². The molecule has 0 unspecified atom stereocenters. The van der Waals surface area contributed by atoms with Crippen LogP contribution in [-0.4, -0.2) is 34.4 Å². The van der Waals surface area contributed by atoms with Gasteiger partial charge in [-0.1, -0.05) is 29.8 Å². The first kappa shape index (κ1) is 20.2. The van der Waals surface area contributed by atoms with Gasteiger partial charge in [0, 0.05) is 28.0 Å². The molecule has 1 heterocycles. The van der Waals surface area contributed by atoms with Crippen molar-refractivity contribution in [2.75, 3.05) is 0 Å². The normalized spacial score (nSPS) is 58.0. The first-order chi connectivity index (χ1) is 13.9. The average Bonchev–Trinajstić information content (AvgIpc) is 3.56. The second-order valence-corrected chi connectivity index (χ2v) is 13.9. The molecule has 0 aromatic carbocycles. The summed E-state index contributed by atoms with van der Waals surface area (Å²) in [6.07, 6.45) is 6.26. The zero-order valence-corrected chi connectivity index (χ0v) is 20.5. The van der Waals surface area contributed by atoms with Gasteiger partial charge in [-0.15, -0.1) is 0 Å². The number of rotatable bonds is 1. The molecule has 166 valence electrons. The van der Waals surface area contributed by atoms with Gasteiger partial charge in [0.25, 0.3) is 0 Å². The number of fused-ring (bicyclic) bond motifs is 6. The van der Waals surface area contributed by atoms with Crippen molar-refractivity contribution in [2.45, 2.75) is 95.8 Å². The lowest BCUT2D eigenvalue weighted by atomic mass is 9.44. The van der Waals surface area contributed by atoms with E-state index >= 15 is 0 Å². The number of epoxide rings is 1. The summed E-state index contributed by atoms with van der Waals surface area (Å²) in [6.45, 7) is 10.5. The van der Waals surface area contributed by atoms with E-state index in [4.69, 9.17) is 9.47 Å². The van der Waals surface area contributed by atoms with Gasteiger partial charge in [0.2, 0.25) is 0 Å². The smallest absolute Gasteiger partial charge is 0.311 e. The van der Waals surface area contributed by atoms with Gasteiger partial charge < -0.3 is 9.47 Å². The minimum atomic E-state index is -0.471. The van der Waals surface area contributed by atoms with Crippen LogP contribution in [0.3, 0.4) is 0 Å². The topological polar surface area (TPSA) is 55.9 Å². The van der Waals surface area contributed by atoms with E-state index in [1.807, 2.05) is 20.8 Å². The van der Waals surface area contributed by atoms with Crippen LogP contribution in [0, 0.1) is 45.8 Å². The Bertz CT molecular complexity index is 833. The summed E-state index contributed by atoms with van der Waals surface area (Å²) in [5.74, 6) is 3.07. The van der Waals surface area contributed by atoms with Crippen LogP contribution in [-0.2, 0) is 19.1 Å². The maximum atomic E-state index is 13.1. The SMILES string of the molecule is CC(C)(C)C(=O)O[C@H]1CC[C@]2(C)[C@H]3CC[C@]4(C)C(=O)[C@H]5C[C@H]5[C@H]4[C@@H]3[C@H](Br)[C@H]3O[C@]32C1. The molecule has 5 aliphatic carbocycles. The molecule has 1 spiro atoms. The van der Waals surface area contributed by atoms with Crippen molar-refractivity contribution < 1.29 is 19.1 Å². The number of carbonyl (C=O) groups excluding carboxylic acids is 2. The summed E-state index contributed by atoms with van der Waals surface area (Å²) in [5.41, 5.74) is -0.621. The van der Waals surface area contributed by atoms with Gasteiger partial charge in [-0.2, -0.15) is 0 Å². The Morgan fingerprint density at radius 1 is 1.20 bits per heavy atom. The second kappa shape index (κ2) is 5.73. The fraction of sp³-hybridized carbons (Fsp3) is 0.920. The Labute approximate surface area is 188 Å². The molecule has 0 aromatic heterocycles. The number of carbonyl (C=O) groups is 2. The first-order valence-electron chi connectivity index (χ1n) is 12.0. The van der Waals surface area contributed by atoms with Crippen molar-refractivity contribution >= 4 is 27.7 Å². The van der Waals surface area contributed by atoms with Crippen LogP contribution in [0.15, 0.2) is 0 Å². The Morgan fingerprint density at radius 3 is 2.63 bits per heavy atom. The van der Waals surface area contributed by atoms with Crippen molar-refractivity contribution in [1.29, 1.82) is 0 Å². The summed E-state index contributed by atoms with van der Waals surface area (Å²) >= 11 is 4.10. The number of hydrogen-bond donors (Lipinski definition) is 0. The maximum Gasteiger partial charge on any atom is 0.311 e. The van der Waals surface area contributed by atoms with E-state index in [-0.39, 0.29) is 34.6 Å². The minimum absolute atomic E-state index is 0.0409. The summed E-state index contributed by atoms with van der Waals surface area (Å²) in [7, 11) is 0. The highest BCUT2D eigenvalue weighted by Crippen LogP contribution is 2.77. The van der Waals surface area contributed by atoms with E-state index in [0.29, 0.717) is 40.2 Å². The highest BCUT2D eigenvalue weighted by atomic mass is 79.9. The van der Waals surface area contributed by atoms with E-state index in [0.717, 1.165) is 38.5 Å². The molecular formula is C25H35BrO4. The van der Waals surface area contributed by atoms with E-state index in [9.17, 15) is 9.59 Å². The molecule has 0 aromatic rings. The summed E-state index contributed by atoms with van der Waals surface area (Å²) in [4.78, 5) is 25.9. The van der Waals surface area contributed by atoms with Crippen LogP contribution in [0.1, 0.15) is 73.1 Å². The second-order valence-electron chi connectivity index (χ2n) is 12.8. The largest absolute Gasteiger partial charge is 0.462 e. The molecular weight excluding hydrogens is 444 g/mol. The monoisotopic (exact) mass is 478 g/mol. The quantitative estimate of drug-likeness (QED) is 0.305. The van der Waals surface area contributed by atoms with Gasteiger partial charge in [0.05, 0.1) is 5.41 Å². The Morgan fingerprint density at radius 2 is 1.93 bits per heavy atom. The van der Waals surface area contributed by atoms with Gasteiger partial charge in [-0.3, -0.25) is 9.59 Å². The molecule has 1 aliphatic heterocycles. The lowest BCUT2D eigenvalue weighted by Gasteiger charge is -2.60. The molecule has 0 amide bonds. The third-order valence-electron chi connectivity index (χ3n) is 10.4. The summed E-state index contributed by atoms with van der Waals surface area (Å²) in [5, 5.41) is 0. The lowest BCUT2D eigenvalue weighted by Crippen LogP contribution is -2.62. The summed E-state index contributed by atoms with van der Waals surface area (Å²) < 4.78 is 12.6. The zero-order valence-electron chi connectivity index (χ0n) is 18.9. The fourth-order valence-electron chi connectivity index (χ4n) is 8.65. The third kappa shape index (κ3) is 2.27. The molecule has 6 aliphatic rings. The van der Waals surface area contributed by atoms with Crippen LogP contribution < -0.4 is 0 Å². The third-order valence-corrected chi connectivity index (χ3v) is 11.5. The van der Waals surface area contributed by atoms with Gasteiger partial charge in [0.15, 0.2) is 0 Å². The van der Waals surface area contributed by atoms with Crippen LogP contribution in [0.2, 0.25) is 0 Å². The van der Waals surface area contributed by atoms with Crippen LogP contribution in [0.25, 0.3) is 0 Å². The molecule has 0 N–H and O–H groups in total. The molecule has 1 saturated heterocycles. The molecule has 5 heteroatoms. The first-order valence-corrected chi connectivity index (χ1v) is 12.9. The highest BCUT2D eigenvalue weighted by Gasteiger charge is 2.81. The molecule has 6 rings (SSSR count). The molecule has 0 radical (unpaired) electrons. The minimum Gasteiger partial charge on any atom is -0.462 e. The zero-order chi connectivity index (χ0) is 21.4. The predicted octanol–water partition coefficient (Wildman–Crippen LogP) is 4.92. The van der Waals surface area contributed by atoms with Gasteiger partial charge in [0.1, 0.15) is 23.6 Å². The van der Waals surface area contributed by atoms with E-state index < -0.39 is 5.41 Å². The van der Waals surface area contributed by atoms with Gasteiger partial charge in [-0.05, 0) is 76.5 Å². The number of hydrogen-bond acceptors (Lipinski definition) is 4. The van der Waals surface area contributed by atoms with E-state index in [1.165, 1.54) is 0 Å². The van der Waals surface area contributed by atoms with E-state index in [1.54, 1.807) is 0 Å². The molecule has 5 saturated carbocycles. The van der Waals surface area contributed by atoms with Crippen molar-refractivity contribution in [3.8, 4) is 0 Å². The predicted molar refractivity (Wildman–Crippen MR) is 116 cm³/mol. The standard InChI is InChI=1S/C25H35BrO4/c1-22(2,3)21(28)29-12-6-9-24(5)15-7-8-23(4)17(13-10-14(13)19(23)27)16(15)18(26)20-25(24,11-12)30-20/h12-18,20H,6-11H2,1-5H3/t12-,13+,14-,15-,16+,17-,18-,20+,23-,24+,25+/m0/s1. The Balaban J connectivity index is 1.29. The number of Topliss-reactive ketones (excluding diaryl/α,β-unsaturated/α-hetero) is 1. The number of alkyl halides is 1. The average molecular weight is 479 g/mol. The lowest BCUT2D eigenvalue weighted by molar-refractivity contribution is -0.168. The summed E-state index contributed by atoms with van der Waals surface area (Å²) in [6, 6.07) is 0.